The summed E-state index contributed by atoms with van der Waals surface area (Å²) < 4.78 is 26.9. The second-order valence-electron chi connectivity index (χ2n) is 5.64. The number of carbonyl (C=O) groups is 1. The maximum absolute atomic E-state index is 13.7. The van der Waals surface area contributed by atoms with Crippen molar-refractivity contribution in [3.63, 3.8) is 0 Å². The third-order valence-electron chi connectivity index (χ3n) is 4.15. The van der Waals surface area contributed by atoms with Crippen molar-refractivity contribution in [1.29, 1.82) is 0 Å². The van der Waals surface area contributed by atoms with Crippen LogP contribution in [0.25, 0.3) is 0 Å². The summed E-state index contributed by atoms with van der Waals surface area (Å²) in [6, 6.07) is 4.32. The summed E-state index contributed by atoms with van der Waals surface area (Å²) in [5.41, 5.74) is 0.326. The summed E-state index contributed by atoms with van der Waals surface area (Å²) in [5.74, 6) is -2.08. The maximum atomic E-state index is 13.7. The van der Waals surface area contributed by atoms with Gasteiger partial charge in [0.15, 0.2) is 11.6 Å². The zero-order valence-corrected chi connectivity index (χ0v) is 11.2. The molecular weight excluding hydrogens is 262 g/mol. The molecule has 1 saturated heterocycles. The molecule has 1 amide bonds. The largest absolute Gasteiger partial charge is 0.352 e. The predicted octanol–water partition coefficient (Wildman–Crippen LogP) is 1.94. The molecule has 108 valence electrons. The van der Waals surface area contributed by atoms with Crippen LogP contribution in [0.2, 0.25) is 0 Å². The van der Waals surface area contributed by atoms with Crippen molar-refractivity contribution in [3.05, 3.63) is 35.4 Å². The van der Waals surface area contributed by atoms with Crippen LogP contribution in [0.3, 0.4) is 0 Å². The van der Waals surface area contributed by atoms with Crippen LogP contribution in [-0.4, -0.2) is 25.0 Å². The van der Waals surface area contributed by atoms with Crippen LogP contribution in [0, 0.1) is 17.6 Å². The summed E-state index contributed by atoms with van der Waals surface area (Å²) in [6.07, 6.45) is 2.63. The van der Waals surface area contributed by atoms with E-state index < -0.39 is 11.6 Å². The highest BCUT2D eigenvalue weighted by molar-refractivity contribution is 5.83. The molecule has 1 aliphatic carbocycles. The van der Waals surface area contributed by atoms with Crippen molar-refractivity contribution in [2.45, 2.75) is 31.2 Å². The lowest BCUT2D eigenvalue weighted by atomic mass is 10.1. The first-order valence-electron chi connectivity index (χ1n) is 7.12. The normalized spacial score (nSPS) is 29.0. The maximum Gasteiger partial charge on any atom is 0.224 e. The van der Waals surface area contributed by atoms with Gasteiger partial charge in [-0.3, -0.25) is 4.79 Å². The molecule has 1 aliphatic heterocycles. The quantitative estimate of drug-likeness (QED) is 0.888. The van der Waals surface area contributed by atoms with E-state index in [1.54, 1.807) is 6.07 Å². The summed E-state index contributed by atoms with van der Waals surface area (Å²) in [7, 11) is 0. The van der Waals surface area contributed by atoms with Gasteiger partial charge in [0.2, 0.25) is 5.91 Å². The number of hydrogen-bond acceptors (Lipinski definition) is 2. The second-order valence-corrected chi connectivity index (χ2v) is 5.64. The van der Waals surface area contributed by atoms with E-state index in [1.165, 1.54) is 6.07 Å². The van der Waals surface area contributed by atoms with E-state index >= 15 is 0 Å². The van der Waals surface area contributed by atoms with Gasteiger partial charge in [-0.2, -0.15) is 0 Å². The Bertz CT molecular complexity index is 515. The summed E-state index contributed by atoms with van der Waals surface area (Å²) in [4.78, 5) is 12.1. The SMILES string of the molecule is O=C(N[C@H]1CCCNC1)C1CC1c1cccc(F)c1F. The molecule has 0 bridgehead atoms. The van der Waals surface area contributed by atoms with Gasteiger partial charge in [-0.15, -0.1) is 0 Å². The van der Waals surface area contributed by atoms with Gasteiger partial charge in [0, 0.05) is 18.5 Å². The fourth-order valence-corrected chi connectivity index (χ4v) is 2.92. The van der Waals surface area contributed by atoms with E-state index in [0.29, 0.717) is 12.0 Å². The van der Waals surface area contributed by atoms with Crippen LogP contribution in [0.1, 0.15) is 30.7 Å². The highest BCUT2D eigenvalue weighted by atomic mass is 19.2. The number of piperidine rings is 1. The molecule has 2 fully saturated rings. The first-order chi connectivity index (χ1) is 9.66. The Morgan fingerprint density at radius 1 is 1.35 bits per heavy atom. The van der Waals surface area contributed by atoms with Gasteiger partial charge >= 0.3 is 0 Å². The minimum atomic E-state index is -0.843. The number of carbonyl (C=O) groups excluding carboxylic acids is 1. The average Bonchev–Trinajstić information content (AvgIpc) is 3.23. The van der Waals surface area contributed by atoms with Gasteiger partial charge < -0.3 is 10.6 Å². The standard InChI is InChI=1S/C15H18F2N2O/c16-13-5-1-4-10(14(13)17)11-7-12(11)15(20)19-9-3-2-6-18-8-9/h1,4-5,9,11-12,18H,2-3,6-8H2,(H,19,20)/t9-,11?,12?/m0/s1. The molecule has 2 N–H and O–H groups in total. The molecule has 0 spiro atoms. The fraction of sp³-hybridized carbons (Fsp3) is 0.533. The third-order valence-corrected chi connectivity index (χ3v) is 4.15. The van der Waals surface area contributed by atoms with Gasteiger partial charge in [0.25, 0.3) is 0 Å². The Morgan fingerprint density at radius 2 is 2.20 bits per heavy atom. The highest BCUT2D eigenvalue weighted by Crippen LogP contribution is 2.48. The second kappa shape index (κ2) is 5.48. The summed E-state index contributed by atoms with van der Waals surface area (Å²) >= 11 is 0. The molecular formula is C15H18F2N2O. The van der Waals surface area contributed by atoms with E-state index in [-0.39, 0.29) is 23.8 Å². The molecule has 1 aromatic rings. The molecule has 2 aliphatic rings. The van der Waals surface area contributed by atoms with E-state index in [0.717, 1.165) is 32.0 Å². The zero-order chi connectivity index (χ0) is 14.1. The van der Waals surface area contributed by atoms with Crippen LogP contribution < -0.4 is 10.6 Å². The smallest absolute Gasteiger partial charge is 0.224 e. The van der Waals surface area contributed by atoms with Gasteiger partial charge in [0.1, 0.15) is 0 Å². The summed E-state index contributed by atoms with van der Waals surface area (Å²) in [6.45, 7) is 1.78. The van der Waals surface area contributed by atoms with Gasteiger partial charge in [-0.1, -0.05) is 12.1 Å². The minimum absolute atomic E-state index is 0.0349. The molecule has 3 rings (SSSR count). The molecule has 5 heteroatoms. The Kier molecular flexibility index (Phi) is 3.70. The molecule has 1 heterocycles. The summed E-state index contributed by atoms with van der Waals surface area (Å²) in [5, 5.41) is 6.23. The molecule has 2 unspecified atom stereocenters. The van der Waals surface area contributed by atoms with Crippen LogP contribution in [-0.2, 0) is 4.79 Å². The highest BCUT2D eigenvalue weighted by Gasteiger charge is 2.45. The molecule has 20 heavy (non-hydrogen) atoms. The number of amides is 1. The molecule has 1 saturated carbocycles. The van der Waals surface area contributed by atoms with Gasteiger partial charge in [-0.05, 0) is 43.4 Å². The number of rotatable bonds is 3. The number of hydrogen-bond donors (Lipinski definition) is 2. The monoisotopic (exact) mass is 280 g/mol. The first-order valence-corrected chi connectivity index (χ1v) is 7.12. The molecule has 1 aromatic carbocycles. The number of benzene rings is 1. The van der Waals surface area contributed by atoms with Crippen molar-refractivity contribution >= 4 is 5.91 Å². The Morgan fingerprint density at radius 3 is 2.95 bits per heavy atom. The Hall–Kier alpha value is -1.49. The van der Waals surface area contributed by atoms with Crippen LogP contribution >= 0.6 is 0 Å². The lowest BCUT2D eigenvalue weighted by Gasteiger charge is -2.23. The van der Waals surface area contributed by atoms with Crippen molar-refractivity contribution in [3.8, 4) is 0 Å². The molecule has 3 atom stereocenters. The van der Waals surface area contributed by atoms with Crippen LogP contribution in [0.5, 0.6) is 0 Å². The third kappa shape index (κ3) is 2.68. The van der Waals surface area contributed by atoms with Crippen molar-refractivity contribution < 1.29 is 13.6 Å². The van der Waals surface area contributed by atoms with Crippen molar-refractivity contribution in [2.75, 3.05) is 13.1 Å². The average molecular weight is 280 g/mol. The van der Waals surface area contributed by atoms with E-state index in [9.17, 15) is 13.6 Å². The first kappa shape index (κ1) is 13.5. The van der Waals surface area contributed by atoms with Crippen LogP contribution in [0.15, 0.2) is 18.2 Å². The van der Waals surface area contributed by atoms with Gasteiger partial charge in [-0.25, -0.2) is 8.78 Å². The number of nitrogens with one attached hydrogen (secondary N) is 2. The fourth-order valence-electron chi connectivity index (χ4n) is 2.92. The molecule has 0 radical (unpaired) electrons. The zero-order valence-electron chi connectivity index (χ0n) is 11.2. The van der Waals surface area contributed by atoms with E-state index in [1.807, 2.05) is 0 Å². The molecule has 0 aromatic heterocycles. The number of halogens is 2. The predicted molar refractivity (Wildman–Crippen MR) is 71.2 cm³/mol. The van der Waals surface area contributed by atoms with Crippen molar-refractivity contribution in [1.82, 2.24) is 10.6 Å². The lowest BCUT2D eigenvalue weighted by molar-refractivity contribution is -0.123. The van der Waals surface area contributed by atoms with Gasteiger partial charge in [0.05, 0.1) is 0 Å². The Balaban J connectivity index is 1.60. The van der Waals surface area contributed by atoms with E-state index in [2.05, 4.69) is 10.6 Å². The molecule has 3 nitrogen and oxygen atoms in total. The lowest BCUT2D eigenvalue weighted by Crippen LogP contribution is -2.46. The topological polar surface area (TPSA) is 41.1 Å². The van der Waals surface area contributed by atoms with Crippen LogP contribution in [0.4, 0.5) is 8.78 Å². The van der Waals surface area contributed by atoms with E-state index in [4.69, 9.17) is 0 Å². The Labute approximate surface area is 116 Å². The van der Waals surface area contributed by atoms with Crippen molar-refractivity contribution in [2.24, 2.45) is 5.92 Å². The minimum Gasteiger partial charge on any atom is -0.352 e.